The van der Waals surface area contributed by atoms with E-state index in [1.54, 1.807) is 0 Å². The van der Waals surface area contributed by atoms with Gasteiger partial charge in [0.1, 0.15) is 0 Å². The molecule has 1 heterocycles. The summed E-state index contributed by atoms with van der Waals surface area (Å²) in [6, 6.07) is 10.2. The van der Waals surface area contributed by atoms with E-state index in [1.165, 1.54) is 5.56 Å². The maximum Gasteiger partial charge on any atom is 0.234 e. The van der Waals surface area contributed by atoms with Gasteiger partial charge in [-0.3, -0.25) is 9.69 Å². The first kappa shape index (κ1) is 18.7. The van der Waals surface area contributed by atoms with Gasteiger partial charge in [0.25, 0.3) is 0 Å². The summed E-state index contributed by atoms with van der Waals surface area (Å²) in [5.41, 5.74) is 0.973. The van der Waals surface area contributed by atoms with Gasteiger partial charge in [0, 0.05) is 25.2 Å². The normalized spacial score (nSPS) is 18.4. The molecule has 1 saturated heterocycles. The molecule has 1 atom stereocenters. The van der Waals surface area contributed by atoms with Gasteiger partial charge in [0.15, 0.2) is 0 Å². The first-order valence-corrected chi connectivity index (χ1v) is 8.79. The molecule has 1 N–H and O–H groups in total. The molecule has 2 rings (SSSR count). The minimum absolute atomic E-state index is 0.0635. The molecule has 1 aromatic carbocycles. The zero-order chi connectivity index (χ0) is 17.4. The Hall–Kier alpha value is -1.65. The summed E-state index contributed by atoms with van der Waals surface area (Å²) in [6.07, 6.45) is 6.67. The van der Waals surface area contributed by atoms with Crippen LogP contribution in [-0.4, -0.2) is 48.7 Å². The molecule has 0 spiro atoms. The van der Waals surface area contributed by atoms with Crippen molar-refractivity contribution < 1.29 is 9.53 Å². The minimum atomic E-state index is -0.202. The molecule has 4 nitrogen and oxygen atoms in total. The van der Waals surface area contributed by atoms with Gasteiger partial charge in [-0.2, -0.15) is 0 Å². The third-order valence-corrected chi connectivity index (χ3v) is 3.84. The Kier molecular flexibility index (Phi) is 7.00. The van der Waals surface area contributed by atoms with Crippen molar-refractivity contribution >= 4 is 12.0 Å². The molecule has 0 bridgehead atoms. The average molecular weight is 330 g/mol. The second kappa shape index (κ2) is 9.00. The highest BCUT2D eigenvalue weighted by molar-refractivity contribution is 5.78. The summed E-state index contributed by atoms with van der Waals surface area (Å²) in [7, 11) is 0. The van der Waals surface area contributed by atoms with E-state index in [4.69, 9.17) is 4.74 Å². The second-order valence-electron chi connectivity index (χ2n) is 7.44. The zero-order valence-corrected chi connectivity index (χ0v) is 15.1. The molecule has 24 heavy (non-hydrogen) atoms. The Labute approximate surface area is 145 Å². The molecule has 1 aliphatic rings. The summed E-state index contributed by atoms with van der Waals surface area (Å²) in [6.45, 7) is 8.80. The Morgan fingerprint density at radius 2 is 2.08 bits per heavy atom. The second-order valence-corrected chi connectivity index (χ2v) is 7.44. The fourth-order valence-corrected chi connectivity index (χ4v) is 2.84. The molecule has 132 valence electrons. The van der Waals surface area contributed by atoms with Crippen molar-refractivity contribution in [2.75, 3.05) is 26.2 Å². The molecule has 1 unspecified atom stereocenters. The molecule has 4 heteroatoms. The van der Waals surface area contributed by atoms with Crippen molar-refractivity contribution in [1.29, 1.82) is 0 Å². The Bertz CT molecular complexity index is 528. The van der Waals surface area contributed by atoms with Crippen LogP contribution >= 0.6 is 0 Å². The van der Waals surface area contributed by atoms with E-state index in [0.717, 1.165) is 32.5 Å². The van der Waals surface area contributed by atoms with Crippen LogP contribution in [0.25, 0.3) is 6.08 Å². The first-order chi connectivity index (χ1) is 11.4. The first-order valence-electron chi connectivity index (χ1n) is 8.79. The molecule has 0 aromatic heterocycles. The number of hydrogen-bond donors (Lipinski definition) is 1. The van der Waals surface area contributed by atoms with Gasteiger partial charge in [-0.15, -0.1) is 0 Å². The quantitative estimate of drug-likeness (QED) is 0.835. The van der Waals surface area contributed by atoms with Crippen molar-refractivity contribution in [3.8, 4) is 0 Å². The highest BCUT2D eigenvalue weighted by atomic mass is 16.5. The predicted molar refractivity (Wildman–Crippen MR) is 98.8 cm³/mol. The van der Waals surface area contributed by atoms with Crippen molar-refractivity contribution in [3.05, 3.63) is 42.0 Å². The lowest BCUT2D eigenvalue weighted by molar-refractivity contribution is -0.123. The SMILES string of the molecule is CC(C)(C)NC(=O)CN(CC=Cc1ccccc1)CC1CCCO1. The molecule has 0 radical (unpaired) electrons. The summed E-state index contributed by atoms with van der Waals surface area (Å²) in [5, 5.41) is 3.04. The summed E-state index contributed by atoms with van der Waals surface area (Å²) in [5.74, 6) is 0.0635. The number of carbonyl (C=O) groups is 1. The Morgan fingerprint density at radius 1 is 1.33 bits per heavy atom. The molecule has 1 aliphatic heterocycles. The van der Waals surface area contributed by atoms with Gasteiger partial charge < -0.3 is 10.1 Å². The monoisotopic (exact) mass is 330 g/mol. The molecular formula is C20H30N2O2. The van der Waals surface area contributed by atoms with Gasteiger partial charge in [-0.25, -0.2) is 0 Å². The number of nitrogens with zero attached hydrogens (tertiary/aromatic N) is 1. The molecule has 0 aliphatic carbocycles. The van der Waals surface area contributed by atoms with Gasteiger partial charge in [-0.1, -0.05) is 42.5 Å². The van der Waals surface area contributed by atoms with E-state index in [0.29, 0.717) is 6.54 Å². The van der Waals surface area contributed by atoms with Crippen LogP contribution in [0.3, 0.4) is 0 Å². The van der Waals surface area contributed by atoms with E-state index in [2.05, 4.69) is 34.5 Å². The van der Waals surface area contributed by atoms with Crippen molar-refractivity contribution in [1.82, 2.24) is 10.2 Å². The lowest BCUT2D eigenvalue weighted by Gasteiger charge is -2.26. The number of nitrogens with one attached hydrogen (secondary N) is 1. The fraction of sp³-hybridized carbons (Fsp3) is 0.550. The molecule has 1 amide bonds. The van der Waals surface area contributed by atoms with E-state index < -0.39 is 0 Å². The highest BCUT2D eigenvalue weighted by Crippen LogP contribution is 2.13. The average Bonchev–Trinajstić information content (AvgIpc) is 2.99. The van der Waals surface area contributed by atoms with Crippen molar-refractivity contribution in [2.24, 2.45) is 0 Å². The van der Waals surface area contributed by atoms with Gasteiger partial charge in [-0.05, 0) is 39.2 Å². The molecule has 1 aromatic rings. The number of amides is 1. The highest BCUT2D eigenvalue weighted by Gasteiger charge is 2.21. The van der Waals surface area contributed by atoms with Crippen LogP contribution in [-0.2, 0) is 9.53 Å². The number of ether oxygens (including phenoxy) is 1. The fourth-order valence-electron chi connectivity index (χ4n) is 2.84. The molecular weight excluding hydrogens is 300 g/mol. The standard InChI is InChI=1S/C20H30N2O2/c1-20(2,3)21-19(23)16-22(15-18-12-8-14-24-18)13-7-11-17-9-5-4-6-10-17/h4-7,9-11,18H,8,12-16H2,1-3H3,(H,21,23). The van der Waals surface area contributed by atoms with Gasteiger partial charge in [0.2, 0.25) is 5.91 Å². The maximum absolute atomic E-state index is 12.3. The Morgan fingerprint density at radius 3 is 2.71 bits per heavy atom. The lowest BCUT2D eigenvalue weighted by Crippen LogP contribution is -2.47. The van der Waals surface area contributed by atoms with E-state index in [-0.39, 0.29) is 17.6 Å². The van der Waals surface area contributed by atoms with Gasteiger partial charge >= 0.3 is 0 Å². The van der Waals surface area contributed by atoms with Crippen LogP contribution in [0, 0.1) is 0 Å². The zero-order valence-electron chi connectivity index (χ0n) is 15.1. The summed E-state index contributed by atoms with van der Waals surface area (Å²) in [4.78, 5) is 14.4. The number of carbonyl (C=O) groups excluding carboxylic acids is 1. The molecule has 0 saturated carbocycles. The number of benzene rings is 1. The van der Waals surface area contributed by atoms with Crippen LogP contribution in [0.1, 0.15) is 39.2 Å². The van der Waals surface area contributed by atoms with Crippen molar-refractivity contribution in [2.45, 2.75) is 45.3 Å². The van der Waals surface area contributed by atoms with E-state index >= 15 is 0 Å². The van der Waals surface area contributed by atoms with Crippen LogP contribution in [0.4, 0.5) is 0 Å². The maximum atomic E-state index is 12.3. The number of rotatable bonds is 7. The largest absolute Gasteiger partial charge is 0.377 e. The third-order valence-electron chi connectivity index (χ3n) is 3.84. The lowest BCUT2D eigenvalue weighted by atomic mass is 10.1. The van der Waals surface area contributed by atoms with Gasteiger partial charge in [0.05, 0.1) is 12.6 Å². The van der Waals surface area contributed by atoms with Crippen LogP contribution in [0.2, 0.25) is 0 Å². The topological polar surface area (TPSA) is 41.6 Å². The predicted octanol–water partition coefficient (Wildman–Crippen LogP) is 3.10. The van der Waals surface area contributed by atoms with E-state index in [9.17, 15) is 4.79 Å². The smallest absolute Gasteiger partial charge is 0.234 e. The summed E-state index contributed by atoms with van der Waals surface area (Å²) >= 11 is 0. The molecule has 1 fully saturated rings. The number of hydrogen-bond acceptors (Lipinski definition) is 3. The van der Waals surface area contributed by atoms with Crippen LogP contribution in [0.15, 0.2) is 36.4 Å². The Balaban J connectivity index is 1.91. The third kappa shape index (κ3) is 7.28. The van der Waals surface area contributed by atoms with Crippen molar-refractivity contribution in [3.63, 3.8) is 0 Å². The van der Waals surface area contributed by atoms with Crippen LogP contribution in [0.5, 0.6) is 0 Å². The summed E-state index contributed by atoms with van der Waals surface area (Å²) < 4.78 is 5.73. The minimum Gasteiger partial charge on any atom is -0.377 e. The van der Waals surface area contributed by atoms with Crippen LogP contribution < -0.4 is 5.32 Å². The van der Waals surface area contributed by atoms with E-state index in [1.807, 2.05) is 39.0 Å².